The Morgan fingerprint density at radius 3 is 2.62 bits per heavy atom. The highest BCUT2D eigenvalue weighted by molar-refractivity contribution is 14.0. The summed E-state index contributed by atoms with van der Waals surface area (Å²) in [5.41, 5.74) is 1.93. The van der Waals surface area contributed by atoms with E-state index >= 15 is 0 Å². The molecule has 2 rings (SSSR count). The molecular formula is C19H31IN4O2. The molecule has 1 atom stereocenters. The molecule has 0 bridgehead atoms. The van der Waals surface area contributed by atoms with Gasteiger partial charge in [-0.25, -0.2) is 4.99 Å². The second-order valence-corrected chi connectivity index (χ2v) is 6.21. The summed E-state index contributed by atoms with van der Waals surface area (Å²) in [6, 6.07) is 7.83. The number of ether oxygens (including phenoxy) is 1. The standard InChI is InChI=1S/C19H30N4O2.HI/c1-3-6-18(24)23-16-10-8-15(9-11-16)13-21-19(20-4-2)22-14-17-7-5-12-25-17;/h8-11,17H,3-7,12-14H2,1-2H3,(H,23,24)(H2,20,21,22);1H. The zero-order valence-electron chi connectivity index (χ0n) is 15.7. The molecule has 3 N–H and O–H groups in total. The largest absolute Gasteiger partial charge is 0.376 e. The highest BCUT2D eigenvalue weighted by Gasteiger charge is 2.15. The zero-order chi connectivity index (χ0) is 17.9. The van der Waals surface area contributed by atoms with Gasteiger partial charge in [0, 0.05) is 31.8 Å². The van der Waals surface area contributed by atoms with Gasteiger partial charge in [0.15, 0.2) is 5.96 Å². The van der Waals surface area contributed by atoms with Crippen LogP contribution in [-0.2, 0) is 16.1 Å². The van der Waals surface area contributed by atoms with Crippen LogP contribution in [0.5, 0.6) is 0 Å². The van der Waals surface area contributed by atoms with Crippen molar-refractivity contribution in [1.82, 2.24) is 10.6 Å². The lowest BCUT2D eigenvalue weighted by molar-refractivity contribution is -0.116. The number of nitrogens with zero attached hydrogens (tertiary/aromatic N) is 1. The van der Waals surface area contributed by atoms with Crippen molar-refractivity contribution in [1.29, 1.82) is 0 Å². The molecule has 0 spiro atoms. The quantitative estimate of drug-likeness (QED) is 0.307. The maximum Gasteiger partial charge on any atom is 0.224 e. The van der Waals surface area contributed by atoms with Crippen LogP contribution in [0.2, 0.25) is 0 Å². The van der Waals surface area contributed by atoms with Gasteiger partial charge in [0.25, 0.3) is 0 Å². The Balaban J connectivity index is 0.00000338. The molecule has 1 unspecified atom stereocenters. The molecule has 146 valence electrons. The van der Waals surface area contributed by atoms with Gasteiger partial charge in [-0.05, 0) is 43.9 Å². The van der Waals surface area contributed by atoms with E-state index in [2.05, 4.69) is 27.9 Å². The predicted octanol–water partition coefficient (Wildman–Crippen LogP) is 3.28. The third-order valence-corrected chi connectivity index (χ3v) is 4.00. The first kappa shape index (κ1) is 22.7. The van der Waals surface area contributed by atoms with Crippen molar-refractivity contribution in [3.8, 4) is 0 Å². The Hall–Kier alpha value is -1.35. The number of hydrogen-bond donors (Lipinski definition) is 3. The maximum atomic E-state index is 11.6. The van der Waals surface area contributed by atoms with Crippen molar-refractivity contribution < 1.29 is 9.53 Å². The van der Waals surface area contributed by atoms with Gasteiger partial charge in [-0.1, -0.05) is 19.1 Å². The Bertz CT molecular complexity index is 557. The smallest absolute Gasteiger partial charge is 0.224 e. The molecule has 6 nitrogen and oxygen atoms in total. The molecule has 1 heterocycles. The fourth-order valence-electron chi connectivity index (χ4n) is 2.67. The minimum absolute atomic E-state index is 0. The van der Waals surface area contributed by atoms with Crippen LogP contribution in [0.3, 0.4) is 0 Å². The Morgan fingerprint density at radius 2 is 2.00 bits per heavy atom. The first-order valence-corrected chi connectivity index (χ1v) is 9.23. The van der Waals surface area contributed by atoms with Crippen molar-refractivity contribution in [3.63, 3.8) is 0 Å². The molecule has 0 saturated carbocycles. The third kappa shape index (κ3) is 8.35. The van der Waals surface area contributed by atoms with E-state index in [4.69, 9.17) is 4.74 Å². The van der Waals surface area contributed by atoms with E-state index in [1.807, 2.05) is 31.2 Å². The van der Waals surface area contributed by atoms with E-state index in [-0.39, 0.29) is 36.0 Å². The number of benzene rings is 1. The number of rotatable bonds is 8. The first-order chi connectivity index (χ1) is 12.2. The summed E-state index contributed by atoms with van der Waals surface area (Å²) < 4.78 is 5.63. The van der Waals surface area contributed by atoms with Crippen LogP contribution in [0.15, 0.2) is 29.3 Å². The maximum absolute atomic E-state index is 11.6. The van der Waals surface area contributed by atoms with Gasteiger partial charge in [-0.15, -0.1) is 24.0 Å². The molecule has 0 aromatic heterocycles. The van der Waals surface area contributed by atoms with Gasteiger partial charge in [-0.3, -0.25) is 4.79 Å². The Kier molecular flexibility index (Phi) is 11.3. The first-order valence-electron chi connectivity index (χ1n) is 9.23. The van der Waals surface area contributed by atoms with Crippen molar-refractivity contribution in [3.05, 3.63) is 29.8 Å². The van der Waals surface area contributed by atoms with Crippen molar-refractivity contribution in [2.45, 2.75) is 52.2 Å². The number of nitrogens with one attached hydrogen (secondary N) is 3. The van der Waals surface area contributed by atoms with Crippen LogP contribution in [0.4, 0.5) is 5.69 Å². The Labute approximate surface area is 173 Å². The molecule has 1 aromatic rings. The third-order valence-electron chi connectivity index (χ3n) is 4.00. The van der Waals surface area contributed by atoms with E-state index in [0.29, 0.717) is 13.0 Å². The van der Waals surface area contributed by atoms with Crippen LogP contribution < -0.4 is 16.0 Å². The summed E-state index contributed by atoms with van der Waals surface area (Å²) in [7, 11) is 0. The second-order valence-electron chi connectivity index (χ2n) is 6.21. The van der Waals surface area contributed by atoms with Gasteiger partial charge < -0.3 is 20.7 Å². The second kappa shape index (κ2) is 12.9. The summed E-state index contributed by atoms with van der Waals surface area (Å²) in [6.45, 7) is 7.10. The number of guanidine groups is 1. The molecule has 1 aromatic carbocycles. The molecule has 0 radical (unpaired) electrons. The van der Waals surface area contributed by atoms with Crippen LogP contribution >= 0.6 is 24.0 Å². The van der Waals surface area contributed by atoms with Crippen molar-refractivity contribution in [2.75, 3.05) is 25.0 Å². The lowest BCUT2D eigenvalue weighted by Crippen LogP contribution is -2.41. The molecule has 1 fully saturated rings. The Morgan fingerprint density at radius 1 is 1.23 bits per heavy atom. The molecule has 1 aliphatic heterocycles. The summed E-state index contributed by atoms with van der Waals surface area (Å²) in [5, 5.41) is 9.49. The topological polar surface area (TPSA) is 74.8 Å². The highest BCUT2D eigenvalue weighted by atomic mass is 127. The number of halogens is 1. The normalized spacial score (nSPS) is 16.7. The van der Waals surface area contributed by atoms with Gasteiger partial charge >= 0.3 is 0 Å². The zero-order valence-corrected chi connectivity index (χ0v) is 18.0. The number of carbonyl (C=O) groups excluding carboxylic acids is 1. The number of hydrogen-bond acceptors (Lipinski definition) is 3. The van der Waals surface area contributed by atoms with Crippen molar-refractivity contribution >= 4 is 41.5 Å². The van der Waals surface area contributed by atoms with Crippen LogP contribution in [0, 0.1) is 0 Å². The molecule has 1 amide bonds. The molecule has 7 heteroatoms. The van der Waals surface area contributed by atoms with Gasteiger partial charge in [0.05, 0.1) is 12.6 Å². The number of amides is 1. The highest BCUT2D eigenvalue weighted by Crippen LogP contribution is 2.12. The molecule has 0 aliphatic carbocycles. The fraction of sp³-hybridized carbons (Fsp3) is 0.579. The number of aliphatic imine (C=N–C) groups is 1. The molecule has 26 heavy (non-hydrogen) atoms. The van der Waals surface area contributed by atoms with E-state index in [1.54, 1.807) is 0 Å². The lowest BCUT2D eigenvalue weighted by Gasteiger charge is -2.14. The van der Waals surface area contributed by atoms with Gasteiger partial charge in [0.1, 0.15) is 0 Å². The number of anilines is 1. The van der Waals surface area contributed by atoms with Crippen molar-refractivity contribution in [2.24, 2.45) is 4.99 Å². The minimum Gasteiger partial charge on any atom is -0.376 e. The predicted molar refractivity (Wildman–Crippen MR) is 117 cm³/mol. The van der Waals surface area contributed by atoms with E-state index < -0.39 is 0 Å². The molecular weight excluding hydrogens is 443 g/mol. The fourth-order valence-corrected chi connectivity index (χ4v) is 2.67. The number of carbonyl (C=O) groups is 1. The molecule has 1 aliphatic rings. The minimum atomic E-state index is 0. The van der Waals surface area contributed by atoms with Crippen LogP contribution in [0.1, 0.15) is 45.1 Å². The SMILES string of the molecule is CCCC(=O)Nc1ccc(CN=C(NCC)NCC2CCCO2)cc1.I. The van der Waals surface area contributed by atoms with Crippen LogP contribution in [0.25, 0.3) is 0 Å². The average molecular weight is 474 g/mol. The lowest BCUT2D eigenvalue weighted by atomic mass is 10.2. The van der Waals surface area contributed by atoms with E-state index in [0.717, 1.165) is 56.2 Å². The van der Waals surface area contributed by atoms with Crippen LogP contribution in [-0.4, -0.2) is 37.7 Å². The summed E-state index contributed by atoms with van der Waals surface area (Å²) in [6.07, 6.45) is 3.94. The van der Waals surface area contributed by atoms with E-state index in [9.17, 15) is 4.79 Å². The monoisotopic (exact) mass is 474 g/mol. The average Bonchev–Trinajstić information content (AvgIpc) is 3.12. The van der Waals surface area contributed by atoms with Gasteiger partial charge in [0.2, 0.25) is 5.91 Å². The van der Waals surface area contributed by atoms with E-state index in [1.165, 1.54) is 0 Å². The summed E-state index contributed by atoms with van der Waals surface area (Å²) in [4.78, 5) is 16.2. The van der Waals surface area contributed by atoms with Gasteiger partial charge in [-0.2, -0.15) is 0 Å². The summed E-state index contributed by atoms with van der Waals surface area (Å²) in [5.74, 6) is 0.861. The summed E-state index contributed by atoms with van der Waals surface area (Å²) >= 11 is 0. The molecule has 1 saturated heterocycles.